The van der Waals surface area contributed by atoms with Gasteiger partial charge in [-0.2, -0.15) is 0 Å². The zero-order valence-corrected chi connectivity index (χ0v) is 11.2. The van der Waals surface area contributed by atoms with Crippen LogP contribution in [0.25, 0.3) is 0 Å². The summed E-state index contributed by atoms with van der Waals surface area (Å²) in [6.07, 6.45) is 0.476. The van der Waals surface area contributed by atoms with Crippen molar-refractivity contribution in [1.29, 1.82) is 0 Å². The lowest BCUT2D eigenvalue weighted by atomic mass is 9.80. The number of alkyl halides is 1. The second kappa shape index (κ2) is 4.74. The van der Waals surface area contributed by atoms with Crippen LogP contribution in [0.15, 0.2) is 0 Å². The molecule has 0 radical (unpaired) electrons. The topological polar surface area (TPSA) is 37.4 Å². The molecule has 3 nitrogen and oxygen atoms in total. The number of hydrogen-bond donors (Lipinski definition) is 0. The summed E-state index contributed by atoms with van der Waals surface area (Å²) >= 11 is 5.64. The molecule has 1 fully saturated rings. The maximum absolute atomic E-state index is 11.9. The molecule has 2 atom stereocenters. The number of carbonyl (C=O) groups excluding carboxylic acids is 2. The fourth-order valence-electron chi connectivity index (χ4n) is 1.83. The number of amides is 2. The highest BCUT2D eigenvalue weighted by Crippen LogP contribution is 2.34. The van der Waals surface area contributed by atoms with Gasteiger partial charge in [-0.1, -0.05) is 27.7 Å². The van der Waals surface area contributed by atoms with Crippen LogP contribution in [0.1, 0.15) is 34.1 Å². The van der Waals surface area contributed by atoms with E-state index in [2.05, 4.69) is 20.8 Å². The zero-order valence-electron chi connectivity index (χ0n) is 10.4. The summed E-state index contributed by atoms with van der Waals surface area (Å²) in [4.78, 5) is 25.0. The predicted molar refractivity (Wildman–Crippen MR) is 64.2 cm³/mol. The van der Waals surface area contributed by atoms with Crippen LogP contribution >= 0.6 is 11.6 Å². The van der Waals surface area contributed by atoms with Crippen LogP contribution in [-0.4, -0.2) is 29.1 Å². The van der Waals surface area contributed by atoms with Gasteiger partial charge in [-0.15, -0.1) is 11.6 Å². The molecule has 0 aromatic rings. The summed E-state index contributed by atoms with van der Waals surface area (Å²) in [6, 6.07) is 0. The average molecular weight is 246 g/mol. The smallest absolute Gasteiger partial charge is 0.233 e. The van der Waals surface area contributed by atoms with E-state index in [4.69, 9.17) is 11.6 Å². The van der Waals surface area contributed by atoms with Crippen molar-refractivity contribution in [1.82, 2.24) is 4.90 Å². The second-order valence-electron chi connectivity index (χ2n) is 5.67. The molecule has 0 N–H and O–H groups in total. The van der Waals surface area contributed by atoms with Gasteiger partial charge in [-0.25, -0.2) is 0 Å². The van der Waals surface area contributed by atoms with Crippen LogP contribution in [0.2, 0.25) is 0 Å². The van der Waals surface area contributed by atoms with Gasteiger partial charge in [0.2, 0.25) is 11.8 Å². The molecule has 0 aromatic carbocycles. The van der Waals surface area contributed by atoms with Crippen LogP contribution in [0.3, 0.4) is 0 Å². The third kappa shape index (κ3) is 2.76. The first-order valence-electron chi connectivity index (χ1n) is 5.67. The summed E-state index contributed by atoms with van der Waals surface area (Å²) in [5.41, 5.74) is 0.0644. The molecule has 2 unspecified atom stereocenters. The van der Waals surface area contributed by atoms with Gasteiger partial charge in [0.25, 0.3) is 0 Å². The van der Waals surface area contributed by atoms with Crippen LogP contribution < -0.4 is 0 Å². The molecule has 2 amide bonds. The van der Waals surface area contributed by atoms with Crippen molar-refractivity contribution in [2.75, 3.05) is 12.4 Å². The lowest BCUT2D eigenvalue weighted by molar-refractivity contribution is -0.143. The summed E-state index contributed by atoms with van der Waals surface area (Å²) in [6.45, 7) is 8.60. The van der Waals surface area contributed by atoms with Gasteiger partial charge < -0.3 is 0 Å². The standard InChI is InChI=1S/C12H20ClNO2/c1-8(6-13)11(16)14-7-9(5-10(14)15)12(2,3)4/h8-9H,5-7H2,1-4H3. The Labute approximate surface area is 102 Å². The van der Waals surface area contributed by atoms with Crippen molar-refractivity contribution >= 4 is 23.4 Å². The Balaban J connectivity index is 2.72. The maximum atomic E-state index is 11.9. The predicted octanol–water partition coefficient (Wildman–Crippen LogP) is 2.28. The van der Waals surface area contributed by atoms with Gasteiger partial charge in [-0.05, 0) is 11.3 Å². The van der Waals surface area contributed by atoms with Gasteiger partial charge in [-0.3, -0.25) is 14.5 Å². The van der Waals surface area contributed by atoms with E-state index in [0.29, 0.717) is 13.0 Å². The molecule has 4 heteroatoms. The Morgan fingerprint density at radius 3 is 2.50 bits per heavy atom. The summed E-state index contributed by atoms with van der Waals surface area (Å²) in [5, 5.41) is 0. The summed E-state index contributed by atoms with van der Waals surface area (Å²) < 4.78 is 0. The zero-order chi connectivity index (χ0) is 12.5. The molecular formula is C12H20ClNO2. The maximum Gasteiger partial charge on any atom is 0.233 e. The third-order valence-electron chi connectivity index (χ3n) is 3.27. The molecule has 0 bridgehead atoms. The third-order valence-corrected chi connectivity index (χ3v) is 3.73. The Morgan fingerprint density at radius 2 is 2.12 bits per heavy atom. The van der Waals surface area contributed by atoms with E-state index in [1.807, 2.05) is 0 Å². The first kappa shape index (κ1) is 13.5. The van der Waals surface area contributed by atoms with Gasteiger partial charge in [0.05, 0.1) is 0 Å². The average Bonchev–Trinajstić information content (AvgIpc) is 2.57. The van der Waals surface area contributed by atoms with E-state index in [-0.39, 0.29) is 34.9 Å². The molecule has 1 heterocycles. The molecule has 0 spiro atoms. The SMILES string of the molecule is CC(CCl)C(=O)N1CC(C(C)(C)C)CC1=O. The molecule has 0 aliphatic carbocycles. The van der Waals surface area contributed by atoms with Crippen molar-refractivity contribution in [2.24, 2.45) is 17.3 Å². The van der Waals surface area contributed by atoms with E-state index in [9.17, 15) is 9.59 Å². The molecule has 16 heavy (non-hydrogen) atoms. The van der Waals surface area contributed by atoms with E-state index in [0.717, 1.165) is 0 Å². The van der Waals surface area contributed by atoms with Crippen molar-refractivity contribution in [3.63, 3.8) is 0 Å². The minimum atomic E-state index is -0.274. The minimum Gasteiger partial charge on any atom is -0.282 e. The number of imide groups is 1. The highest BCUT2D eigenvalue weighted by atomic mass is 35.5. The van der Waals surface area contributed by atoms with Gasteiger partial charge in [0.15, 0.2) is 0 Å². The largest absolute Gasteiger partial charge is 0.282 e. The van der Waals surface area contributed by atoms with Crippen LogP contribution in [0.5, 0.6) is 0 Å². The molecule has 0 saturated carbocycles. The molecule has 92 valence electrons. The van der Waals surface area contributed by atoms with Crippen LogP contribution in [-0.2, 0) is 9.59 Å². The number of hydrogen-bond acceptors (Lipinski definition) is 2. The van der Waals surface area contributed by atoms with Gasteiger partial charge >= 0.3 is 0 Å². The first-order chi connectivity index (χ1) is 7.27. The number of carbonyl (C=O) groups is 2. The summed E-state index contributed by atoms with van der Waals surface area (Å²) in [7, 11) is 0. The molecule has 0 aromatic heterocycles. The molecule has 1 saturated heterocycles. The van der Waals surface area contributed by atoms with Crippen molar-refractivity contribution in [3.8, 4) is 0 Å². The van der Waals surface area contributed by atoms with Crippen molar-refractivity contribution < 1.29 is 9.59 Å². The lowest BCUT2D eigenvalue weighted by Crippen LogP contribution is -2.37. The molecule has 1 aliphatic rings. The molecule has 1 aliphatic heterocycles. The van der Waals surface area contributed by atoms with Gasteiger partial charge in [0, 0.05) is 24.8 Å². The quantitative estimate of drug-likeness (QED) is 0.700. The Kier molecular flexibility index (Phi) is 4.00. The van der Waals surface area contributed by atoms with E-state index >= 15 is 0 Å². The summed E-state index contributed by atoms with van der Waals surface area (Å²) in [5.74, 6) is 0.0625. The Morgan fingerprint density at radius 1 is 1.56 bits per heavy atom. The Hall–Kier alpha value is -0.570. The number of nitrogens with zero attached hydrogens (tertiary/aromatic N) is 1. The molecule has 1 rings (SSSR count). The fraction of sp³-hybridized carbons (Fsp3) is 0.833. The molecular weight excluding hydrogens is 226 g/mol. The van der Waals surface area contributed by atoms with Crippen molar-refractivity contribution in [3.05, 3.63) is 0 Å². The first-order valence-corrected chi connectivity index (χ1v) is 6.21. The number of rotatable bonds is 2. The number of likely N-dealkylation sites (tertiary alicyclic amines) is 1. The van der Waals surface area contributed by atoms with Crippen molar-refractivity contribution in [2.45, 2.75) is 34.1 Å². The number of halogens is 1. The van der Waals surface area contributed by atoms with Crippen LogP contribution in [0, 0.1) is 17.3 Å². The highest BCUT2D eigenvalue weighted by Gasteiger charge is 2.40. The fourth-order valence-corrected chi connectivity index (χ4v) is 1.96. The van der Waals surface area contributed by atoms with E-state index in [1.165, 1.54) is 4.90 Å². The van der Waals surface area contributed by atoms with E-state index < -0.39 is 0 Å². The highest BCUT2D eigenvalue weighted by molar-refractivity contribution is 6.19. The second-order valence-corrected chi connectivity index (χ2v) is 5.97. The lowest BCUT2D eigenvalue weighted by Gasteiger charge is -2.26. The monoisotopic (exact) mass is 245 g/mol. The minimum absolute atomic E-state index is 0.0538. The van der Waals surface area contributed by atoms with Crippen LogP contribution in [0.4, 0.5) is 0 Å². The van der Waals surface area contributed by atoms with E-state index in [1.54, 1.807) is 6.92 Å². The normalized spacial score (nSPS) is 23.7. The van der Waals surface area contributed by atoms with Gasteiger partial charge in [0.1, 0.15) is 0 Å². The Bertz CT molecular complexity index is 296.